The number of nitrogens with one attached hydrogen (secondary N) is 1. The summed E-state index contributed by atoms with van der Waals surface area (Å²) in [7, 11) is 0. The Kier molecular flexibility index (Phi) is 8.30. The first-order valence-corrected chi connectivity index (χ1v) is 11.9. The van der Waals surface area contributed by atoms with Crippen LogP contribution in [0.3, 0.4) is 0 Å². The van der Waals surface area contributed by atoms with Crippen molar-refractivity contribution in [1.82, 2.24) is 15.1 Å². The molecule has 0 aromatic heterocycles. The van der Waals surface area contributed by atoms with E-state index in [1.807, 2.05) is 38.1 Å². The lowest BCUT2D eigenvalue weighted by Crippen LogP contribution is -2.50. The maximum Gasteiger partial charge on any atom is 0.242 e. The number of hydrogen-bond acceptors (Lipinski definition) is 4. The van der Waals surface area contributed by atoms with Gasteiger partial charge >= 0.3 is 0 Å². The van der Waals surface area contributed by atoms with Gasteiger partial charge in [0.2, 0.25) is 23.6 Å². The molecule has 1 saturated heterocycles. The van der Waals surface area contributed by atoms with Crippen LogP contribution < -0.4 is 5.32 Å². The number of nitrogens with zero attached hydrogens (tertiary/aromatic N) is 2. The van der Waals surface area contributed by atoms with Gasteiger partial charge in [-0.25, -0.2) is 0 Å². The standard InChI is InChI=1S/C25H32ClN3O4/c1-4-16(2)27-23(31)17(3)29(15-18-9-11-19(26)12-10-18)22(30)13-14-28-24(32)20-7-5-6-8-21(20)25(28)33/h5-6,9-12,16-17,20-21H,4,7-8,13-15H2,1-3H3,(H,27,31)/t16-,17-,20-,21+/m1/s1. The predicted octanol–water partition coefficient (Wildman–Crippen LogP) is 3.31. The van der Waals surface area contributed by atoms with E-state index in [-0.39, 0.29) is 61.0 Å². The monoisotopic (exact) mass is 473 g/mol. The number of rotatable bonds is 9. The van der Waals surface area contributed by atoms with Crippen molar-refractivity contribution < 1.29 is 19.2 Å². The highest BCUT2D eigenvalue weighted by Gasteiger charge is 2.47. The molecular formula is C25H32ClN3O4. The van der Waals surface area contributed by atoms with Crippen LogP contribution in [0.4, 0.5) is 0 Å². The molecule has 4 amide bonds. The molecule has 178 valence electrons. The van der Waals surface area contributed by atoms with E-state index >= 15 is 0 Å². The average molecular weight is 474 g/mol. The van der Waals surface area contributed by atoms with Gasteiger partial charge in [0.1, 0.15) is 6.04 Å². The minimum Gasteiger partial charge on any atom is -0.352 e. The van der Waals surface area contributed by atoms with Crippen LogP contribution in [0, 0.1) is 11.8 Å². The minimum atomic E-state index is -0.709. The minimum absolute atomic E-state index is 0.00997. The van der Waals surface area contributed by atoms with Crippen LogP contribution >= 0.6 is 11.6 Å². The van der Waals surface area contributed by atoms with Gasteiger partial charge in [0.25, 0.3) is 0 Å². The molecule has 33 heavy (non-hydrogen) atoms. The third kappa shape index (κ3) is 5.82. The molecule has 1 aromatic rings. The summed E-state index contributed by atoms with van der Waals surface area (Å²) in [6, 6.07) is 6.38. The van der Waals surface area contributed by atoms with Crippen LogP contribution in [0.15, 0.2) is 36.4 Å². The number of imide groups is 1. The van der Waals surface area contributed by atoms with E-state index in [1.165, 1.54) is 9.80 Å². The molecule has 0 bridgehead atoms. The fourth-order valence-electron chi connectivity index (χ4n) is 4.28. The molecule has 0 unspecified atom stereocenters. The smallest absolute Gasteiger partial charge is 0.242 e. The Morgan fingerprint density at radius 3 is 2.21 bits per heavy atom. The molecule has 0 saturated carbocycles. The van der Waals surface area contributed by atoms with E-state index in [2.05, 4.69) is 5.32 Å². The summed E-state index contributed by atoms with van der Waals surface area (Å²) < 4.78 is 0. The molecule has 7 nitrogen and oxygen atoms in total. The Balaban J connectivity index is 1.71. The summed E-state index contributed by atoms with van der Waals surface area (Å²) in [6.45, 7) is 5.83. The van der Waals surface area contributed by atoms with Gasteiger partial charge in [-0.1, -0.05) is 42.8 Å². The van der Waals surface area contributed by atoms with Gasteiger partial charge in [0.05, 0.1) is 11.8 Å². The Morgan fingerprint density at radius 2 is 1.67 bits per heavy atom. The second-order valence-electron chi connectivity index (χ2n) is 8.88. The van der Waals surface area contributed by atoms with Crippen molar-refractivity contribution in [1.29, 1.82) is 0 Å². The van der Waals surface area contributed by atoms with E-state index in [0.29, 0.717) is 17.9 Å². The Bertz CT molecular complexity index is 904. The number of carbonyl (C=O) groups excluding carboxylic acids is 4. The second-order valence-corrected chi connectivity index (χ2v) is 9.31. The second kappa shape index (κ2) is 11.0. The molecule has 8 heteroatoms. The molecule has 1 aliphatic heterocycles. The summed E-state index contributed by atoms with van der Waals surface area (Å²) in [5, 5.41) is 3.51. The third-order valence-corrected chi connectivity index (χ3v) is 6.83. The van der Waals surface area contributed by atoms with E-state index in [0.717, 1.165) is 12.0 Å². The van der Waals surface area contributed by atoms with Gasteiger partial charge in [-0.05, 0) is 50.8 Å². The molecule has 1 aromatic carbocycles. The number of allylic oxidation sites excluding steroid dienone is 2. The quantitative estimate of drug-likeness (QED) is 0.440. The first-order chi connectivity index (χ1) is 15.7. The predicted molar refractivity (Wildman–Crippen MR) is 126 cm³/mol. The highest BCUT2D eigenvalue weighted by atomic mass is 35.5. The maximum atomic E-state index is 13.3. The van der Waals surface area contributed by atoms with E-state index in [4.69, 9.17) is 11.6 Å². The molecule has 0 radical (unpaired) electrons. The van der Waals surface area contributed by atoms with Crippen molar-refractivity contribution >= 4 is 35.2 Å². The van der Waals surface area contributed by atoms with Crippen LogP contribution in [0.1, 0.15) is 52.0 Å². The highest BCUT2D eigenvalue weighted by molar-refractivity contribution is 6.30. The summed E-state index contributed by atoms with van der Waals surface area (Å²) in [5.74, 6) is -1.56. The number of halogens is 1. The molecule has 1 heterocycles. The molecular weight excluding hydrogens is 442 g/mol. The number of carbonyl (C=O) groups is 4. The van der Waals surface area contributed by atoms with Gasteiger partial charge in [0.15, 0.2) is 0 Å². The summed E-state index contributed by atoms with van der Waals surface area (Å²) in [5.41, 5.74) is 0.835. The zero-order valence-electron chi connectivity index (χ0n) is 19.4. The third-order valence-electron chi connectivity index (χ3n) is 6.58. The molecule has 4 atom stereocenters. The zero-order chi connectivity index (χ0) is 24.1. The van der Waals surface area contributed by atoms with E-state index in [1.54, 1.807) is 19.1 Å². The van der Waals surface area contributed by atoms with Crippen LogP contribution in [-0.2, 0) is 25.7 Å². The number of fused-ring (bicyclic) bond motifs is 1. The van der Waals surface area contributed by atoms with Crippen LogP contribution in [-0.4, -0.2) is 52.1 Å². The lowest BCUT2D eigenvalue weighted by Gasteiger charge is -2.30. The van der Waals surface area contributed by atoms with E-state index < -0.39 is 6.04 Å². The summed E-state index contributed by atoms with van der Waals surface area (Å²) >= 11 is 5.98. The van der Waals surface area contributed by atoms with Gasteiger partial charge in [0, 0.05) is 30.6 Å². The zero-order valence-corrected chi connectivity index (χ0v) is 20.2. The number of likely N-dealkylation sites (tertiary alicyclic amines) is 1. The Hall–Kier alpha value is -2.67. The van der Waals surface area contributed by atoms with Crippen LogP contribution in [0.5, 0.6) is 0 Å². The van der Waals surface area contributed by atoms with Crippen LogP contribution in [0.2, 0.25) is 5.02 Å². The fraction of sp³-hybridized carbons (Fsp3) is 0.520. The normalized spacial score (nSPS) is 21.5. The number of amides is 4. The van der Waals surface area contributed by atoms with Crippen molar-refractivity contribution in [3.63, 3.8) is 0 Å². The molecule has 1 N–H and O–H groups in total. The van der Waals surface area contributed by atoms with Crippen molar-refractivity contribution in [2.24, 2.45) is 11.8 Å². The SMILES string of the molecule is CC[C@@H](C)NC(=O)[C@@H](C)N(Cc1ccc(Cl)cc1)C(=O)CCN1C(=O)[C@H]2CC=CC[C@H]2C1=O. The molecule has 1 aliphatic carbocycles. The summed E-state index contributed by atoms with van der Waals surface area (Å²) in [6.07, 6.45) is 5.75. The van der Waals surface area contributed by atoms with Crippen molar-refractivity contribution in [3.8, 4) is 0 Å². The van der Waals surface area contributed by atoms with Crippen LogP contribution in [0.25, 0.3) is 0 Å². The molecule has 3 rings (SSSR count). The largest absolute Gasteiger partial charge is 0.352 e. The lowest BCUT2D eigenvalue weighted by molar-refractivity contribution is -0.143. The average Bonchev–Trinajstić information content (AvgIpc) is 3.06. The van der Waals surface area contributed by atoms with Crippen molar-refractivity contribution in [2.45, 2.75) is 65.1 Å². The first-order valence-electron chi connectivity index (χ1n) is 11.6. The molecule has 2 aliphatic rings. The molecule has 0 spiro atoms. The lowest BCUT2D eigenvalue weighted by atomic mass is 9.85. The summed E-state index contributed by atoms with van der Waals surface area (Å²) in [4.78, 5) is 54.2. The van der Waals surface area contributed by atoms with E-state index in [9.17, 15) is 19.2 Å². The van der Waals surface area contributed by atoms with Gasteiger partial charge in [-0.15, -0.1) is 0 Å². The number of hydrogen-bond donors (Lipinski definition) is 1. The van der Waals surface area contributed by atoms with Gasteiger partial charge < -0.3 is 10.2 Å². The Morgan fingerprint density at radius 1 is 1.09 bits per heavy atom. The highest BCUT2D eigenvalue weighted by Crippen LogP contribution is 2.35. The topological polar surface area (TPSA) is 86.8 Å². The van der Waals surface area contributed by atoms with Gasteiger partial charge in [-0.2, -0.15) is 0 Å². The Labute approximate surface area is 200 Å². The number of benzene rings is 1. The first kappa shape index (κ1) is 25.0. The molecule has 1 fully saturated rings. The maximum absolute atomic E-state index is 13.3. The van der Waals surface area contributed by atoms with Gasteiger partial charge in [-0.3, -0.25) is 24.1 Å². The van der Waals surface area contributed by atoms with Crippen molar-refractivity contribution in [2.75, 3.05) is 6.54 Å². The fourth-order valence-corrected chi connectivity index (χ4v) is 4.40. The van der Waals surface area contributed by atoms with Crippen molar-refractivity contribution in [3.05, 3.63) is 47.0 Å².